The first-order valence-electron chi connectivity index (χ1n) is 7.75. The molecule has 0 spiro atoms. The van der Waals surface area contributed by atoms with Crippen molar-refractivity contribution in [2.75, 3.05) is 19.7 Å². The van der Waals surface area contributed by atoms with E-state index in [-0.39, 0.29) is 36.1 Å². The Balaban J connectivity index is 2.23. The monoisotopic (exact) mass is 355 g/mol. The van der Waals surface area contributed by atoms with Gasteiger partial charge in [0.25, 0.3) is 0 Å². The lowest BCUT2D eigenvalue weighted by atomic mass is 9.92. The average molecular weight is 355 g/mol. The highest BCUT2D eigenvalue weighted by Crippen LogP contribution is 2.27. The van der Waals surface area contributed by atoms with Crippen LogP contribution < -0.4 is 0 Å². The summed E-state index contributed by atoms with van der Waals surface area (Å²) in [5, 5.41) is 9.19. The van der Waals surface area contributed by atoms with Crippen LogP contribution in [-0.2, 0) is 19.6 Å². The highest BCUT2D eigenvalue weighted by Gasteiger charge is 2.36. The van der Waals surface area contributed by atoms with Crippen LogP contribution >= 0.6 is 0 Å². The number of ether oxygens (including phenoxy) is 1. The van der Waals surface area contributed by atoms with Crippen molar-refractivity contribution in [1.82, 2.24) is 4.31 Å². The summed E-state index contributed by atoms with van der Waals surface area (Å²) >= 11 is 0. The third-order valence-electron chi connectivity index (χ3n) is 3.98. The molecule has 0 aromatic heterocycles. The van der Waals surface area contributed by atoms with Crippen molar-refractivity contribution in [2.45, 2.75) is 25.2 Å². The van der Waals surface area contributed by atoms with Crippen molar-refractivity contribution in [3.63, 3.8) is 0 Å². The van der Waals surface area contributed by atoms with E-state index < -0.39 is 27.9 Å². The van der Waals surface area contributed by atoms with E-state index in [4.69, 9.17) is 4.74 Å². The SMILES string of the molecule is CCOC(=O)c1ccc(S(=O)(=O)N2CC(C)CC(C(=O)O)C2)cc1. The van der Waals surface area contributed by atoms with Crippen molar-refractivity contribution >= 4 is 22.0 Å². The van der Waals surface area contributed by atoms with E-state index in [2.05, 4.69) is 0 Å². The number of piperidine rings is 1. The third kappa shape index (κ3) is 3.93. The van der Waals surface area contributed by atoms with E-state index >= 15 is 0 Å². The Labute approximate surface area is 141 Å². The molecule has 7 nitrogen and oxygen atoms in total. The molecule has 1 saturated heterocycles. The van der Waals surface area contributed by atoms with Gasteiger partial charge in [0, 0.05) is 13.1 Å². The number of esters is 1. The van der Waals surface area contributed by atoms with Crippen molar-refractivity contribution in [1.29, 1.82) is 0 Å². The number of nitrogens with zero attached hydrogens (tertiary/aromatic N) is 1. The van der Waals surface area contributed by atoms with Crippen LogP contribution in [0.5, 0.6) is 0 Å². The molecule has 1 aliphatic heterocycles. The maximum absolute atomic E-state index is 12.7. The molecule has 1 N–H and O–H groups in total. The van der Waals surface area contributed by atoms with Crippen LogP contribution in [-0.4, -0.2) is 49.5 Å². The fourth-order valence-electron chi connectivity index (χ4n) is 2.80. The summed E-state index contributed by atoms with van der Waals surface area (Å²) in [6.45, 7) is 4.00. The van der Waals surface area contributed by atoms with Crippen LogP contribution in [0.2, 0.25) is 0 Å². The highest BCUT2D eigenvalue weighted by molar-refractivity contribution is 7.89. The van der Waals surface area contributed by atoms with Crippen molar-refractivity contribution < 1.29 is 27.9 Å². The zero-order valence-corrected chi connectivity index (χ0v) is 14.5. The minimum Gasteiger partial charge on any atom is -0.481 e. The molecule has 1 aromatic carbocycles. The number of aliphatic carboxylic acids is 1. The topological polar surface area (TPSA) is 101 Å². The number of carbonyl (C=O) groups is 2. The van der Waals surface area contributed by atoms with Crippen LogP contribution in [0.1, 0.15) is 30.6 Å². The van der Waals surface area contributed by atoms with Crippen molar-refractivity contribution in [3.8, 4) is 0 Å². The summed E-state index contributed by atoms with van der Waals surface area (Å²) in [5.41, 5.74) is 0.270. The number of hydrogen-bond acceptors (Lipinski definition) is 5. The number of sulfonamides is 1. The Morgan fingerprint density at radius 1 is 1.25 bits per heavy atom. The molecule has 0 aliphatic carbocycles. The summed E-state index contributed by atoms with van der Waals surface area (Å²) in [6, 6.07) is 5.48. The van der Waals surface area contributed by atoms with Gasteiger partial charge in [-0.05, 0) is 43.5 Å². The van der Waals surface area contributed by atoms with Gasteiger partial charge in [0.15, 0.2) is 0 Å². The van der Waals surface area contributed by atoms with Crippen LogP contribution in [0.4, 0.5) is 0 Å². The Morgan fingerprint density at radius 3 is 2.42 bits per heavy atom. The minimum absolute atomic E-state index is 0.0339. The summed E-state index contributed by atoms with van der Waals surface area (Å²) in [5.74, 6) is -2.24. The lowest BCUT2D eigenvalue weighted by Crippen LogP contribution is -2.45. The quantitative estimate of drug-likeness (QED) is 0.805. The van der Waals surface area contributed by atoms with Gasteiger partial charge in [-0.25, -0.2) is 13.2 Å². The molecule has 1 fully saturated rings. The smallest absolute Gasteiger partial charge is 0.338 e. The molecule has 2 atom stereocenters. The Morgan fingerprint density at radius 2 is 1.88 bits per heavy atom. The lowest BCUT2D eigenvalue weighted by molar-refractivity contribution is -0.143. The number of carbonyl (C=O) groups excluding carboxylic acids is 1. The van der Waals surface area contributed by atoms with Gasteiger partial charge in [0.2, 0.25) is 10.0 Å². The summed E-state index contributed by atoms with van der Waals surface area (Å²) < 4.78 is 31.5. The van der Waals surface area contributed by atoms with Crippen LogP contribution in [0.3, 0.4) is 0 Å². The maximum Gasteiger partial charge on any atom is 0.338 e. The molecule has 0 saturated carbocycles. The van der Waals surface area contributed by atoms with E-state index in [1.165, 1.54) is 28.6 Å². The lowest BCUT2D eigenvalue weighted by Gasteiger charge is -2.33. The first-order valence-corrected chi connectivity index (χ1v) is 9.19. The fourth-order valence-corrected chi connectivity index (χ4v) is 4.41. The number of hydrogen-bond donors (Lipinski definition) is 1. The Hall–Kier alpha value is -1.93. The predicted molar refractivity (Wildman–Crippen MR) is 86.1 cm³/mol. The highest BCUT2D eigenvalue weighted by atomic mass is 32.2. The molecule has 0 bridgehead atoms. The third-order valence-corrected chi connectivity index (χ3v) is 5.82. The second kappa shape index (κ2) is 7.31. The zero-order chi connectivity index (χ0) is 17.9. The van der Waals surface area contributed by atoms with Crippen molar-refractivity contribution in [2.24, 2.45) is 11.8 Å². The first-order chi connectivity index (χ1) is 11.3. The second-order valence-corrected chi connectivity index (χ2v) is 7.88. The van der Waals surface area contributed by atoms with Gasteiger partial charge in [0.1, 0.15) is 0 Å². The first kappa shape index (κ1) is 18.4. The second-order valence-electron chi connectivity index (χ2n) is 5.94. The van der Waals surface area contributed by atoms with Gasteiger partial charge < -0.3 is 9.84 Å². The summed E-state index contributed by atoms with van der Waals surface area (Å²) in [4.78, 5) is 22.9. The molecule has 2 rings (SSSR count). The molecular formula is C16H21NO6S. The van der Waals surface area contributed by atoms with Crippen LogP contribution in [0.25, 0.3) is 0 Å². The van der Waals surface area contributed by atoms with Crippen LogP contribution in [0, 0.1) is 11.8 Å². The minimum atomic E-state index is -3.80. The fraction of sp³-hybridized carbons (Fsp3) is 0.500. The maximum atomic E-state index is 12.7. The normalized spacial score (nSPS) is 22.1. The number of benzene rings is 1. The Kier molecular flexibility index (Phi) is 5.61. The molecular weight excluding hydrogens is 334 g/mol. The molecule has 132 valence electrons. The van der Waals surface area contributed by atoms with E-state index in [0.717, 1.165) is 0 Å². The van der Waals surface area contributed by atoms with E-state index in [0.29, 0.717) is 6.42 Å². The van der Waals surface area contributed by atoms with Gasteiger partial charge in [-0.2, -0.15) is 4.31 Å². The summed E-state index contributed by atoms with van der Waals surface area (Å²) in [7, 11) is -3.80. The molecule has 0 amide bonds. The molecule has 0 radical (unpaired) electrons. The van der Waals surface area contributed by atoms with E-state index in [9.17, 15) is 23.1 Å². The Bertz CT molecular complexity index is 713. The largest absolute Gasteiger partial charge is 0.481 e. The number of carboxylic acids is 1. The number of rotatable bonds is 5. The van der Waals surface area contributed by atoms with Gasteiger partial charge in [-0.15, -0.1) is 0 Å². The van der Waals surface area contributed by atoms with Crippen LogP contribution in [0.15, 0.2) is 29.2 Å². The van der Waals surface area contributed by atoms with Gasteiger partial charge in [-0.3, -0.25) is 4.79 Å². The van der Waals surface area contributed by atoms with Gasteiger partial charge >= 0.3 is 11.9 Å². The standard InChI is InChI=1S/C16H21NO6S/c1-3-23-16(20)12-4-6-14(7-5-12)24(21,22)17-9-11(2)8-13(10-17)15(18)19/h4-7,11,13H,3,8-10H2,1-2H3,(H,18,19). The van der Waals surface area contributed by atoms with Gasteiger partial charge in [0.05, 0.1) is 23.0 Å². The predicted octanol–water partition coefficient (Wildman–Crippen LogP) is 1.59. The van der Waals surface area contributed by atoms with Gasteiger partial charge in [-0.1, -0.05) is 6.92 Å². The number of carboxylic acid groups (broad SMARTS) is 1. The van der Waals surface area contributed by atoms with Crippen molar-refractivity contribution in [3.05, 3.63) is 29.8 Å². The zero-order valence-electron chi connectivity index (χ0n) is 13.6. The molecule has 1 heterocycles. The average Bonchev–Trinajstić information content (AvgIpc) is 2.54. The molecule has 2 unspecified atom stereocenters. The molecule has 1 aliphatic rings. The summed E-state index contributed by atoms with van der Waals surface area (Å²) in [6.07, 6.45) is 0.461. The molecule has 1 aromatic rings. The van der Waals surface area contributed by atoms with E-state index in [1.54, 1.807) is 6.92 Å². The molecule has 24 heavy (non-hydrogen) atoms. The van der Waals surface area contributed by atoms with E-state index in [1.807, 2.05) is 6.92 Å². The molecule has 8 heteroatoms.